The van der Waals surface area contributed by atoms with Crippen LogP contribution in [-0.4, -0.2) is 6.54 Å². The van der Waals surface area contributed by atoms with E-state index in [9.17, 15) is 0 Å². The highest BCUT2D eigenvalue weighted by molar-refractivity contribution is 5.52. The summed E-state index contributed by atoms with van der Waals surface area (Å²) < 4.78 is 0. The van der Waals surface area contributed by atoms with Crippen LogP contribution in [0.1, 0.15) is 24.8 Å². The lowest BCUT2D eigenvalue weighted by molar-refractivity contribution is 0.592. The summed E-state index contributed by atoms with van der Waals surface area (Å²) in [6.07, 6.45) is 6.09. The second-order valence-electron chi connectivity index (χ2n) is 3.46. The van der Waals surface area contributed by atoms with E-state index in [4.69, 9.17) is 0 Å². The molecule has 2 rings (SSSR count). The minimum Gasteiger partial charge on any atom is -0.388 e. The van der Waals surface area contributed by atoms with Crippen LogP contribution in [0.4, 0.5) is 0 Å². The molecule has 0 spiro atoms. The van der Waals surface area contributed by atoms with Crippen molar-refractivity contribution < 1.29 is 0 Å². The molecule has 0 aromatic heterocycles. The van der Waals surface area contributed by atoms with Gasteiger partial charge in [0.2, 0.25) is 0 Å². The molecular formula is C12H15N. The Morgan fingerprint density at radius 2 is 1.92 bits per heavy atom. The predicted molar refractivity (Wildman–Crippen MR) is 56.3 cm³/mol. The van der Waals surface area contributed by atoms with Gasteiger partial charge in [-0.2, -0.15) is 0 Å². The Hall–Kier alpha value is -1.24. The minimum absolute atomic E-state index is 1.14. The van der Waals surface area contributed by atoms with Crippen molar-refractivity contribution in [1.82, 2.24) is 5.32 Å². The van der Waals surface area contributed by atoms with Crippen molar-refractivity contribution in [3.63, 3.8) is 0 Å². The first-order valence-corrected chi connectivity index (χ1v) is 4.95. The Balaban J connectivity index is 2.10. The summed E-state index contributed by atoms with van der Waals surface area (Å²) in [6, 6.07) is 10.5. The lowest BCUT2D eigenvalue weighted by Gasteiger charge is -2.16. The van der Waals surface area contributed by atoms with Gasteiger partial charge in [-0.1, -0.05) is 30.3 Å². The van der Waals surface area contributed by atoms with Crippen LogP contribution in [0.2, 0.25) is 0 Å². The van der Waals surface area contributed by atoms with Gasteiger partial charge in [0, 0.05) is 12.2 Å². The molecule has 1 nitrogen and oxygen atoms in total. The van der Waals surface area contributed by atoms with Crippen LogP contribution in [0.15, 0.2) is 36.0 Å². The van der Waals surface area contributed by atoms with Crippen molar-refractivity contribution in [3.05, 3.63) is 41.6 Å². The molecule has 1 saturated heterocycles. The number of nitrogens with one attached hydrogen (secondary N) is 1. The maximum atomic E-state index is 3.43. The highest BCUT2D eigenvalue weighted by atomic mass is 14.9. The zero-order chi connectivity index (χ0) is 8.93. The fourth-order valence-electron chi connectivity index (χ4n) is 1.65. The summed E-state index contributed by atoms with van der Waals surface area (Å²) in [5.41, 5.74) is 2.68. The van der Waals surface area contributed by atoms with E-state index in [1.54, 1.807) is 0 Å². The monoisotopic (exact) mass is 173 g/mol. The van der Waals surface area contributed by atoms with Crippen LogP contribution >= 0.6 is 0 Å². The molecule has 1 aromatic carbocycles. The molecule has 0 unspecified atom stereocenters. The molecule has 0 amide bonds. The first kappa shape index (κ1) is 8.36. The number of benzene rings is 1. The topological polar surface area (TPSA) is 12.0 Å². The molecule has 1 heterocycles. The van der Waals surface area contributed by atoms with Crippen LogP contribution in [0.5, 0.6) is 0 Å². The summed E-state index contributed by atoms with van der Waals surface area (Å²) in [5.74, 6) is 0. The highest BCUT2D eigenvalue weighted by Crippen LogP contribution is 2.13. The molecular weight excluding hydrogens is 158 g/mol. The lowest BCUT2D eigenvalue weighted by atomic mass is 10.1. The Labute approximate surface area is 79.5 Å². The van der Waals surface area contributed by atoms with Crippen LogP contribution in [0.3, 0.4) is 0 Å². The maximum Gasteiger partial charge on any atom is 0.0144 e. The van der Waals surface area contributed by atoms with E-state index in [1.807, 2.05) is 0 Å². The van der Waals surface area contributed by atoms with E-state index in [0.717, 1.165) is 6.54 Å². The van der Waals surface area contributed by atoms with Gasteiger partial charge in [-0.15, -0.1) is 0 Å². The van der Waals surface area contributed by atoms with Crippen LogP contribution in [0.25, 0.3) is 6.08 Å². The van der Waals surface area contributed by atoms with E-state index in [1.165, 1.54) is 30.5 Å². The predicted octanol–water partition coefficient (Wildman–Crippen LogP) is 2.80. The maximum absolute atomic E-state index is 3.43. The van der Waals surface area contributed by atoms with Crippen LogP contribution < -0.4 is 5.32 Å². The normalized spacial score (nSPS) is 19.8. The standard InChI is InChI=1S/C12H15N/c1-2-6-11(7-3-1)10-12-8-4-5-9-13-12/h1-3,6-7,10,13H,4-5,8-9H2. The van der Waals surface area contributed by atoms with E-state index >= 15 is 0 Å². The zero-order valence-corrected chi connectivity index (χ0v) is 7.79. The minimum atomic E-state index is 1.14. The molecule has 0 aliphatic carbocycles. The number of hydrogen-bond acceptors (Lipinski definition) is 1. The first-order chi connectivity index (χ1) is 6.45. The largest absolute Gasteiger partial charge is 0.388 e. The highest BCUT2D eigenvalue weighted by Gasteiger charge is 2.02. The second-order valence-corrected chi connectivity index (χ2v) is 3.46. The summed E-state index contributed by atoms with van der Waals surface area (Å²) in [6.45, 7) is 1.14. The SMILES string of the molecule is C(=C1CCCCN1)c1ccccc1. The lowest BCUT2D eigenvalue weighted by Crippen LogP contribution is -2.19. The average molecular weight is 173 g/mol. The quantitative estimate of drug-likeness (QED) is 0.688. The van der Waals surface area contributed by atoms with E-state index in [-0.39, 0.29) is 0 Å². The molecule has 68 valence electrons. The molecule has 0 radical (unpaired) electrons. The van der Waals surface area contributed by atoms with Crippen LogP contribution in [0, 0.1) is 0 Å². The Morgan fingerprint density at radius 3 is 2.62 bits per heavy atom. The van der Waals surface area contributed by atoms with Gasteiger partial charge in [-0.05, 0) is 30.9 Å². The van der Waals surface area contributed by atoms with Crippen LogP contribution in [-0.2, 0) is 0 Å². The second kappa shape index (κ2) is 4.13. The van der Waals surface area contributed by atoms with Gasteiger partial charge in [-0.25, -0.2) is 0 Å². The number of rotatable bonds is 1. The molecule has 1 fully saturated rings. The molecule has 0 bridgehead atoms. The summed E-state index contributed by atoms with van der Waals surface area (Å²) in [7, 11) is 0. The Bertz CT molecular complexity index is 279. The molecule has 13 heavy (non-hydrogen) atoms. The fraction of sp³-hybridized carbons (Fsp3) is 0.333. The van der Waals surface area contributed by atoms with Gasteiger partial charge in [0.15, 0.2) is 0 Å². The first-order valence-electron chi connectivity index (χ1n) is 4.95. The van der Waals surface area contributed by atoms with Gasteiger partial charge < -0.3 is 5.32 Å². The van der Waals surface area contributed by atoms with Crippen molar-refractivity contribution in [2.45, 2.75) is 19.3 Å². The average Bonchev–Trinajstić information content (AvgIpc) is 2.21. The fourth-order valence-corrected chi connectivity index (χ4v) is 1.65. The molecule has 1 aliphatic heterocycles. The summed E-state index contributed by atoms with van der Waals surface area (Å²) >= 11 is 0. The van der Waals surface area contributed by atoms with Crippen molar-refractivity contribution in [1.29, 1.82) is 0 Å². The third-order valence-corrected chi connectivity index (χ3v) is 2.37. The Morgan fingerprint density at radius 1 is 1.08 bits per heavy atom. The molecule has 1 aromatic rings. The van der Waals surface area contributed by atoms with E-state index in [2.05, 4.69) is 41.7 Å². The van der Waals surface area contributed by atoms with Gasteiger partial charge in [0.25, 0.3) is 0 Å². The van der Waals surface area contributed by atoms with E-state index in [0.29, 0.717) is 0 Å². The smallest absolute Gasteiger partial charge is 0.0144 e. The Kier molecular flexibility index (Phi) is 2.65. The van der Waals surface area contributed by atoms with E-state index < -0.39 is 0 Å². The van der Waals surface area contributed by atoms with Gasteiger partial charge in [-0.3, -0.25) is 0 Å². The van der Waals surface area contributed by atoms with Crippen molar-refractivity contribution in [2.75, 3.05) is 6.54 Å². The third kappa shape index (κ3) is 2.35. The molecule has 1 aliphatic rings. The number of piperidine rings is 1. The van der Waals surface area contributed by atoms with Crippen molar-refractivity contribution in [2.24, 2.45) is 0 Å². The number of allylic oxidation sites excluding steroid dienone is 1. The molecule has 1 heteroatoms. The molecule has 0 atom stereocenters. The third-order valence-electron chi connectivity index (χ3n) is 2.37. The van der Waals surface area contributed by atoms with Gasteiger partial charge >= 0.3 is 0 Å². The zero-order valence-electron chi connectivity index (χ0n) is 7.79. The summed E-state index contributed by atoms with van der Waals surface area (Å²) in [4.78, 5) is 0. The van der Waals surface area contributed by atoms with Gasteiger partial charge in [0.05, 0.1) is 0 Å². The number of hydrogen-bond donors (Lipinski definition) is 1. The van der Waals surface area contributed by atoms with Crippen molar-refractivity contribution >= 4 is 6.08 Å². The summed E-state index contributed by atoms with van der Waals surface area (Å²) in [5, 5.41) is 3.43. The molecule has 0 saturated carbocycles. The van der Waals surface area contributed by atoms with Crippen molar-refractivity contribution in [3.8, 4) is 0 Å². The molecule has 1 N–H and O–H groups in total. The van der Waals surface area contributed by atoms with Gasteiger partial charge in [0.1, 0.15) is 0 Å².